The Hall–Kier alpha value is -1.35. The van der Waals surface area contributed by atoms with Crippen molar-refractivity contribution in [3.63, 3.8) is 0 Å². The summed E-state index contributed by atoms with van der Waals surface area (Å²) in [4.78, 5) is 0. The summed E-state index contributed by atoms with van der Waals surface area (Å²) < 4.78 is 0. The molecule has 3 heteroatoms. The van der Waals surface area contributed by atoms with E-state index in [0.29, 0.717) is 0 Å². The lowest BCUT2D eigenvalue weighted by Crippen LogP contribution is -2.10. The second-order valence-corrected chi connectivity index (χ2v) is 4.92. The maximum Gasteiger partial charge on any atom is 0.0560 e. The lowest BCUT2D eigenvalue weighted by molar-refractivity contribution is 0.879. The molecule has 0 bridgehead atoms. The number of thiophene rings is 1. The SMILES string of the molecule is Cl.N[C@H](c1ccsc1)c1ccc2ccccc2c1. The van der Waals surface area contributed by atoms with Gasteiger partial charge in [0, 0.05) is 0 Å². The average Bonchev–Trinajstić information content (AvgIpc) is 2.91. The second kappa shape index (κ2) is 5.53. The normalized spacial score (nSPS) is 12.1. The third-order valence-electron chi connectivity index (χ3n) is 3.03. The molecule has 3 rings (SSSR count). The Balaban J connectivity index is 0.00000120. The van der Waals surface area contributed by atoms with E-state index in [9.17, 15) is 0 Å². The zero-order chi connectivity index (χ0) is 11.7. The highest BCUT2D eigenvalue weighted by Crippen LogP contribution is 2.24. The standard InChI is InChI=1S/C15H13NS.ClH/c16-15(14-7-8-17-10-14)13-6-5-11-3-1-2-4-12(11)9-13;/h1-10,15H,16H2;1H/t15-;/m0./s1. The first-order chi connectivity index (χ1) is 8.34. The molecule has 0 aliphatic rings. The zero-order valence-electron chi connectivity index (χ0n) is 9.74. The minimum Gasteiger partial charge on any atom is -0.320 e. The number of rotatable bonds is 2. The third kappa shape index (κ3) is 2.41. The molecule has 0 saturated carbocycles. The van der Waals surface area contributed by atoms with E-state index >= 15 is 0 Å². The monoisotopic (exact) mass is 275 g/mol. The maximum atomic E-state index is 6.26. The molecule has 0 amide bonds. The van der Waals surface area contributed by atoms with Crippen molar-refractivity contribution < 1.29 is 0 Å². The first-order valence-electron chi connectivity index (χ1n) is 5.61. The molecule has 0 saturated heterocycles. The fourth-order valence-corrected chi connectivity index (χ4v) is 2.74. The lowest BCUT2D eigenvalue weighted by Gasteiger charge is -2.11. The van der Waals surface area contributed by atoms with Gasteiger partial charge in [-0.25, -0.2) is 0 Å². The lowest BCUT2D eigenvalue weighted by atomic mass is 9.99. The number of nitrogens with two attached hydrogens (primary N) is 1. The van der Waals surface area contributed by atoms with Crippen LogP contribution in [0.4, 0.5) is 0 Å². The third-order valence-corrected chi connectivity index (χ3v) is 3.74. The molecule has 18 heavy (non-hydrogen) atoms. The molecule has 2 N–H and O–H groups in total. The largest absolute Gasteiger partial charge is 0.320 e. The van der Waals surface area contributed by atoms with Gasteiger partial charge in [0.25, 0.3) is 0 Å². The summed E-state index contributed by atoms with van der Waals surface area (Å²) in [6, 6.07) is 16.9. The van der Waals surface area contributed by atoms with E-state index in [-0.39, 0.29) is 18.4 Å². The Labute approximate surface area is 117 Å². The predicted molar refractivity (Wildman–Crippen MR) is 81.5 cm³/mol. The first kappa shape index (κ1) is 13.1. The van der Waals surface area contributed by atoms with Gasteiger partial charge in [-0.3, -0.25) is 0 Å². The van der Waals surface area contributed by atoms with Gasteiger partial charge in [-0.15, -0.1) is 12.4 Å². The second-order valence-electron chi connectivity index (χ2n) is 4.14. The summed E-state index contributed by atoms with van der Waals surface area (Å²) in [6.07, 6.45) is 0. The average molecular weight is 276 g/mol. The smallest absolute Gasteiger partial charge is 0.0560 e. The number of benzene rings is 2. The van der Waals surface area contributed by atoms with E-state index in [1.54, 1.807) is 11.3 Å². The van der Waals surface area contributed by atoms with Gasteiger partial charge in [-0.1, -0.05) is 36.4 Å². The molecular formula is C15H14ClNS. The maximum absolute atomic E-state index is 6.26. The Morgan fingerprint density at radius 2 is 1.67 bits per heavy atom. The van der Waals surface area contributed by atoms with Crippen LogP contribution < -0.4 is 5.73 Å². The minimum absolute atomic E-state index is 0. The number of fused-ring (bicyclic) bond motifs is 1. The topological polar surface area (TPSA) is 26.0 Å². The molecule has 0 unspecified atom stereocenters. The van der Waals surface area contributed by atoms with Gasteiger partial charge >= 0.3 is 0 Å². The predicted octanol–water partition coefficient (Wildman–Crippen LogP) is 4.37. The Morgan fingerprint density at radius 1 is 0.889 bits per heavy atom. The van der Waals surface area contributed by atoms with Crippen molar-refractivity contribution in [3.8, 4) is 0 Å². The van der Waals surface area contributed by atoms with E-state index in [4.69, 9.17) is 5.73 Å². The van der Waals surface area contributed by atoms with Crippen LogP contribution in [-0.4, -0.2) is 0 Å². The van der Waals surface area contributed by atoms with Gasteiger partial charge in [0.1, 0.15) is 0 Å². The van der Waals surface area contributed by atoms with E-state index in [2.05, 4.69) is 59.3 Å². The van der Waals surface area contributed by atoms with Crippen molar-refractivity contribution in [2.75, 3.05) is 0 Å². The van der Waals surface area contributed by atoms with E-state index < -0.39 is 0 Å². The van der Waals surface area contributed by atoms with Crippen LogP contribution in [0.5, 0.6) is 0 Å². The van der Waals surface area contributed by atoms with Gasteiger partial charge in [0.05, 0.1) is 6.04 Å². The van der Waals surface area contributed by atoms with Crippen LogP contribution in [0.2, 0.25) is 0 Å². The number of hydrogen-bond donors (Lipinski definition) is 1. The van der Waals surface area contributed by atoms with Crippen molar-refractivity contribution in [2.45, 2.75) is 6.04 Å². The highest BCUT2D eigenvalue weighted by atomic mass is 35.5. The Bertz CT molecular complexity index is 634. The van der Waals surface area contributed by atoms with Crippen LogP contribution in [0.25, 0.3) is 10.8 Å². The van der Waals surface area contributed by atoms with Gasteiger partial charge in [0.2, 0.25) is 0 Å². The Morgan fingerprint density at radius 3 is 2.39 bits per heavy atom. The van der Waals surface area contributed by atoms with Gasteiger partial charge in [-0.2, -0.15) is 11.3 Å². The summed E-state index contributed by atoms with van der Waals surface area (Å²) in [5, 5.41) is 6.68. The summed E-state index contributed by atoms with van der Waals surface area (Å²) in [6.45, 7) is 0. The van der Waals surface area contributed by atoms with Crippen molar-refractivity contribution in [1.29, 1.82) is 0 Å². The molecule has 1 atom stereocenters. The molecule has 1 heterocycles. The molecule has 0 radical (unpaired) electrons. The van der Waals surface area contributed by atoms with Crippen LogP contribution >= 0.6 is 23.7 Å². The van der Waals surface area contributed by atoms with E-state index in [0.717, 1.165) is 0 Å². The minimum atomic E-state index is -0.0224. The zero-order valence-corrected chi connectivity index (χ0v) is 11.4. The van der Waals surface area contributed by atoms with Crippen LogP contribution in [-0.2, 0) is 0 Å². The summed E-state index contributed by atoms with van der Waals surface area (Å²) in [5.41, 5.74) is 8.61. The first-order valence-corrected chi connectivity index (χ1v) is 6.55. The molecule has 0 spiro atoms. The van der Waals surface area contributed by atoms with Crippen LogP contribution in [0, 0.1) is 0 Å². The summed E-state index contributed by atoms with van der Waals surface area (Å²) >= 11 is 1.69. The number of halogens is 1. The molecule has 2 aromatic carbocycles. The molecule has 1 aromatic heterocycles. The Kier molecular flexibility index (Phi) is 4.02. The number of hydrogen-bond acceptors (Lipinski definition) is 2. The highest BCUT2D eigenvalue weighted by Gasteiger charge is 2.09. The van der Waals surface area contributed by atoms with Gasteiger partial charge < -0.3 is 5.73 Å². The van der Waals surface area contributed by atoms with E-state index in [1.807, 2.05) is 0 Å². The van der Waals surface area contributed by atoms with Crippen molar-refractivity contribution in [3.05, 3.63) is 70.4 Å². The molecule has 3 aromatic rings. The fraction of sp³-hybridized carbons (Fsp3) is 0.0667. The summed E-state index contributed by atoms with van der Waals surface area (Å²) in [7, 11) is 0. The molecule has 0 aliphatic carbocycles. The van der Waals surface area contributed by atoms with Crippen molar-refractivity contribution in [2.24, 2.45) is 5.73 Å². The highest BCUT2D eigenvalue weighted by molar-refractivity contribution is 7.08. The van der Waals surface area contributed by atoms with Gasteiger partial charge in [-0.05, 0) is 44.8 Å². The van der Waals surface area contributed by atoms with Crippen LogP contribution in [0.1, 0.15) is 17.2 Å². The van der Waals surface area contributed by atoms with Gasteiger partial charge in [0.15, 0.2) is 0 Å². The molecule has 0 fully saturated rings. The molecule has 92 valence electrons. The fourth-order valence-electron chi connectivity index (χ4n) is 2.05. The molecular weight excluding hydrogens is 262 g/mol. The van der Waals surface area contributed by atoms with E-state index in [1.165, 1.54) is 21.9 Å². The summed E-state index contributed by atoms with van der Waals surface area (Å²) in [5.74, 6) is 0. The van der Waals surface area contributed by atoms with Crippen LogP contribution in [0.3, 0.4) is 0 Å². The molecule has 0 aliphatic heterocycles. The van der Waals surface area contributed by atoms with Crippen molar-refractivity contribution >= 4 is 34.5 Å². The van der Waals surface area contributed by atoms with Crippen molar-refractivity contribution in [1.82, 2.24) is 0 Å². The quantitative estimate of drug-likeness (QED) is 0.738. The molecule has 1 nitrogen and oxygen atoms in total. The van der Waals surface area contributed by atoms with Crippen LogP contribution in [0.15, 0.2) is 59.3 Å².